The second-order valence-corrected chi connectivity index (χ2v) is 5.52. The molecule has 1 heterocycles. The van der Waals surface area contributed by atoms with Crippen LogP contribution in [0.5, 0.6) is 11.5 Å². The zero-order valence-electron chi connectivity index (χ0n) is 15.2. The van der Waals surface area contributed by atoms with Gasteiger partial charge >= 0.3 is 0 Å². The average Bonchev–Trinajstić information content (AvgIpc) is 2.67. The van der Waals surface area contributed by atoms with E-state index in [2.05, 4.69) is 5.10 Å². The molecule has 0 N–H and O–H groups in total. The van der Waals surface area contributed by atoms with Crippen LogP contribution in [0.15, 0.2) is 41.2 Å². The number of hydrogen-bond donors (Lipinski definition) is 0. The summed E-state index contributed by atoms with van der Waals surface area (Å²) in [6.45, 7) is 1.35. The zero-order valence-corrected chi connectivity index (χ0v) is 15.2. The van der Waals surface area contributed by atoms with Gasteiger partial charge in [0.15, 0.2) is 0 Å². The van der Waals surface area contributed by atoms with Crippen LogP contribution in [0.3, 0.4) is 0 Å². The lowest BCUT2D eigenvalue weighted by atomic mass is 10.3. The van der Waals surface area contributed by atoms with Gasteiger partial charge in [-0.2, -0.15) is 5.10 Å². The normalized spacial score (nSPS) is 10.4. The van der Waals surface area contributed by atoms with Gasteiger partial charge < -0.3 is 19.1 Å². The molecule has 0 bridgehead atoms. The van der Waals surface area contributed by atoms with Gasteiger partial charge in [-0.1, -0.05) is 0 Å². The number of carbonyl (C=O) groups excluding carboxylic acids is 1. The number of carbonyl (C=O) groups is 1. The van der Waals surface area contributed by atoms with Gasteiger partial charge in [0, 0.05) is 20.2 Å². The molecule has 0 spiro atoms. The number of hydrogen-bond acceptors (Lipinski definition) is 6. The molecule has 0 saturated carbocycles. The van der Waals surface area contributed by atoms with Gasteiger partial charge in [-0.05, 0) is 30.3 Å². The first-order valence-electron chi connectivity index (χ1n) is 8.14. The lowest BCUT2D eigenvalue weighted by molar-refractivity contribution is 0.0764. The largest absolute Gasteiger partial charge is 0.497 e. The van der Waals surface area contributed by atoms with E-state index in [0.29, 0.717) is 32.1 Å². The molecule has 0 fully saturated rings. The van der Waals surface area contributed by atoms with Crippen molar-refractivity contribution in [3.63, 3.8) is 0 Å². The number of likely N-dealkylation sites (N-methyl/N-ethyl adjacent to an activating group) is 1. The van der Waals surface area contributed by atoms with Crippen molar-refractivity contribution < 1.29 is 19.0 Å². The smallest absolute Gasteiger partial charge is 0.274 e. The number of amides is 1. The van der Waals surface area contributed by atoms with Crippen LogP contribution >= 0.6 is 0 Å². The molecular weight excluding hydrogens is 338 g/mol. The highest BCUT2D eigenvalue weighted by Gasteiger charge is 2.14. The Morgan fingerprint density at radius 2 is 1.77 bits per heavy atom. The molecule has 1 aromatic heterocycles. The summed E-state index contributed by atoms with van der Waals surface area (Å²) in [7, 11) is 4.80. The molecule has 2 aromatic rings. The third kappa shape index (κ3) is 5.32. The maximum absolute atomic E-state index is 12.5. The molecule has 2 rings (SSSR count). The van der Waals surface area contributed by atoms with Crippen molar-refractivity contribution in [1.82, 2.24) is 14.7 Å². The Labute approximate surface area is 151 Å². The van der Waals surface area contributed by atoms with Crippen LogP contribution in [-0.2, 0) is 11.3 Å². The minimum Gasteiger partial charge on any atom is -0.497 e. The summed E-state index contributed by atoms with van der Waals surface area (Å²) in [4.78, 5) is 25.7. The van der Waals surface area contributed by atoms with Crippen LogP contribution in [-0.4, -0.2) is 61.6 Å². The summed E-state index contributed by atoms with van der Waals surface area (Å²) in [5.74, 6) is 1.16. The van der Waals surface area contributed by atoms with Crippen LogP contribution < -0.4 is 15.0 Å². The fraction of sp³-hybridized carbons (Fsp3) is 0.389. The van der Waals surface area contributed by atoms with Crippen LogP contribution in [0.25, 0.3) is 0 Å². The number of nitrogens with zero attached hydrogens (tertiary/aromatic N) is 3. The maximum atomic E-state index is 12.5. The van der Waals surface area contributed by atoms with Crippen LogP contribution in [0.4, 0.5) is 0 Å². The van der Waals surface area contributed by atoms with Crippen molar-refractivity contribution in [1.29, 1.82) is 0 Å². The number of rotatable bonds is 9. The minimum atomic E-state index is -0.283. The summed E-state index contributed by atoms with van der Waals surface area (Å²) in [6.07, 6.45) is 0. The lowest BCUT2D eigenvalue weighted by Crippen LogP contribution is -2.34. The molecule has 0 unspecified atom stereocenters. The molecule has 0 radical (unpaired) electrons. The van der Waals surface area contributed by atoms with E-state index in [-0.39, 0.29) is 17.2 Å². The number of benzene rings is 1. The van der Waals surface area contributed by atoms with Crippen molar-refractivity contribution in [2.45, 2.75) is 6.54 Å². The van der Waals surface area contributed by atoms with Gasteiger partial charge in [-0.15, -0.1) is 0 Å². The summed E-state index contributed by atoms with van der Waals surface area (Å²) in [5, 5.41) is 4.09. The maximum Gasteiger partial charge on any atom is 0.274 e. The van der Waals surface area contributed by atoms with Crippen molar-refractivity contribution in [2.75, 3.05) is 41.0 Å². The molecule has 140 valence electrons. The van der Waals surface area contributed by atoms with E-state index in [1.54, 1.807) is 38.4 Å². The molecule has 0 aliphatic rings. The SMILES string of the molecule is COCCn1nc(C(=O)N(C)CCOc2ccc(OC)cc2)ccc1=O. The third-order valence-electron chi connectivity index (χ3n) is 3.69. The molecule has 26 heavy (non-hydrogen) atoms. The van der Waals surface area contributed by atoms with Crippen LogP contribution in [0.1, 0.15) is 10.5 Å². The van der Waals surface area contributed by atoms with Crippen molar-refractivity contribution in [3.05, 3.63) is 52.4 Å². The molecule has 8 nitrogen and oxygen atoms in total. The van der Waals surface area contributed by atoms with Gasteiger partial charge in [0.1, 0.15) is 23.8 Å². The molecule has 0 atom stereocenters. The first-order chi connectivity index (χ1) is 12.5. The Morgan fingerprint density at radius 3 is 2.42 bits per heavy atom. The monoisotopic (exact) mass is 361 g/mol. The quantitative estimate of drug-likeness (QED) is 0.664. The van der Waals surface area contributed by atoms with E-state index >= 15 is 0 Å². The van der Waals surface area contributed by atoms with Gasteiger partial charge in [0.25, 0.3) is 11.5 Å². The highest BCUT2D eigenvalue weighted by molar-refractivity contribution is 5.91. The van der Waals surface area contributed by atoms with Crippen LogP contribution in [0, 0.1) is 0 Å². The van der Waals surface area contributed by atoms with Crippen molar-refractivity contribution >= 4 is 5.91 Å². The molecule has 0 saturated heterocycles. The van der Waals surface area contributed by atoms with E-state index in [4.69, 9.17) is 14.2 Å². The second-order valence-electron chi connectivity index (χ2n) is 5.52. The summed E-state index contributed by atoms with van der Waals surface area (Å²) in [5.41, 5.74) is -0.0725. The van der Waals surface area contributed by atoms with Gasteiger partial charge in [-0.25, -0.2) is 4.68 Å². The summed E-state index contributed by atoms with van der Waals surface area (Å²) < 4.78 is 16.9. The lowest BCUT2D eigenvalue weighted by Gasteiger charge is -2.17. The topological polar surface area (TPSA) is 82.9 Å². The third-order valence-corrected chi connectivity index (χ3v) is 3.69. The Morgan fingerprint density at radius 1 is 1.08 bits per heavy atom. The first kappa shape index (κ1) is 19.5. The predicted octanol–water partition coefficient (Wildman–Crippen LogP) is 1.05. The van der Waals surface area contributed by atoms with Gasteiger partial charge in [0.2, 0.25) is 0 Å². The molecule has 8 heteroatoms. The van der Waals surface area contributed by atoms with E-state index in [0.717, 1.165) is 5.75 Å². The first-order valence-corrected chi connectivity index (χ1v) is 8.14. The predicted molar refractivity (Wildman–Crippen MR) is 95.8 cm³/mol. The highest BCUT2D eigenvalue weighted by atomic mass is 16.5. The fourth-order valence-corrected chi connectivity index (χ4v) is 2.17. The molecule has 0 aliphatic carbocycles. The molecule has 1 amide bonds. The van der Waals surface area contributed by atoms with E-state index in [1.165, 1.54) is 28.8 Å². The highest BCUT2D eigenvalue weighted by Crippen LogP contribution is 2.16. The van der Waals surface area contributed by atoms with E-state index in [9.17, 15) is 9.59 Å². The minimum absolute atomic E-state index is 0.202. The Kier molecular flexibility index (Phi) is 7.16. The Hall–Kier alpha value is -2.87. The second kappa shape index (κ2) is 9.57. The van der Waals surface area contributed by atoms with Crippen LogP contribution in [0.2, 0.25) is 0 Å². The molecule has 0 aliphatic heterocycles. The molecule has 1 aromatic carbocycles. The van der Waals surface area contributed by atoms with Gasteiger partial charge in [0.05, 0.1) is 26.8 Å². The molecular formula is C18H23N3O5. The standard InChI is InChI=1S/C18H23N3O5/c1-20(10-13-26-15-6-4-14(25-3)5-7-15)18(23)16-8-9-17(22)21(19-16)11-12-24-2/h4-9H,10-13H2,1-3H3. The number of aromatic nitrogens is 2. The summed E-state index contributed by atoms with van der Waals surface area (Å²) >= 11 is 0. The average molecular weight is 361 g/mol. The van der Waals surface area contributed by atoms with E-state index < -0.39 is 0 Å². The van der Waals surface area contributed by atoms with Gasteiger partial charge in [-0.3, -0.25) is 9.59 Å². The fourth-order valence-electron chi connectivity index (χ4n) is 2.17. The Bertz CT molecular complexity index is 773. The number of methoxy groups -OCH3 is 2. The zero-order chi connectivity index (χ0) is 18.9. The van der Waals surface area contributed by atoms with Crippen molar-refractivity contribution in [2.24, 2.45) is 0 Å². The van der Waals surface area contributed by atoms with E-state index in [1.807, 2.05) is 0 Å². The summed E-state index contributed by atoms with van der Waals surface area (Å²) in [6, 6.07) is 9.96. The number of ether oxygens (including phenoxy) is 3. The van der Waals surface area contributed by atoms with Crippen molar-refractivity contribution in [3.8, 4) is 11.5 Å². The Balaban J connectivity index is 1.91.